The molecule has 0 amide bonds. The molecule has 0 aliphatic heterocycles. The molecule has 1 aromatic carbocycles. The molecular weight excluding hydrogens is 334 g/mol. The van der Waals surface area contributed by atoms with Gasteiger partial charge in [-0.15, -0.1) is 0 Å². The fraction of sp³-hybridized carbons (Fsp3) is 0.318. The minimum Gasteiger partial charge on any atom is -0.383 e. The third-order valence-corrected chi connectivity index (χ3v) is 5.37. The van der Waals surface area contributed by atoms with Crippen LogP contribution in [0.15, 0.2) is 43.0 Å². The number of hydrogen-bond donors (Lipinski definition) is 4. The molecule has 27 heavy (non-hydrogen) atoms. The number of aromatic nitrogens is 3. The van der Waals surface area contributed by atoms with Gasteiger partial charge < -0.3 is 21.0 Å². The number of H-pyrrole nitrogens is 2. The number of aromatic amines is 2. The zero-order chi connectivity index (χ0) is 18.8. The van der Waals surface area contributed by atoms with Gasteiger partial charge in [0.25, 0.3) is 0 Å². The Kier molecular flexibility index (Phi) is 4.86. The third kappa shape index (κ3) is 3.55. The van der Waals surface area contributed by atoms with E-state index in [9.17, 15) is 0 Å². The number of nitrogens with two attached hydrogens (primary N) is 1. The Balaban J connectivity index is 1.69. The number of rotatable bonds is 6. The van der Waals surface area contributed by atoms with Gasteiger partial charge in [0.1, 0.15) is 17.3 Å². The molecule has 140 valence electrons. The monoisotopic (exact) mass is 361 g/mol. The van der Waals surface area contributed by atoms with Gasteiger partial charge in [-0.1, -0.05) is 43.7 Å². The van der Waals surface area contributed by atoms with Gasteiger partial charge in [0.2, 0.25) is 0 Å². The summed E-state index contributed by atoms with van der Waals surface area (Å²) >= 11 is 0. The van der Waals surface area contributed by atoms with Crippen LogP contribution in [0, 0.1) is 6.92 Å². The van der Waals surface area contributed by atoms with Crippen molar-refractivity contribution in [1.29, 1.82) is 0 Å². The van der Waals surface area contributed by atoms with Gasteiger partial charge in [0, 0.05) is 34.8 Å². The summed E-state index contributed by atoms with van der Waals surface area (Å²) in [6.45, 7) is 6.65. The predicted molar refractivity (Wildman–Crippen MR) is 112 cm³/mol. The fourth-order valence-corrected chi connectivity index (χ4v) is 4.03. The number of anilines is 1. The molecule has 0 atom stereocenters. The average molecular weight is 361 g/mol. The Morgan fingerprint density at radius 2 is 2.15 bits per heavy atom. The summed E-state index contributed by atoms with van der Waals surface area (Å²) in [5, 5.41) is 4.95. The zero-order valence-electron chi connectivity index (χ0n) is 15.8. The highest BCUT2D eigenvalue weighted by molar-refractivity contribution is 5.91. The smallest absolute Gasteiger partial charge is 0.129 e. The number of aryl methyl sites for hydroxylation is 1. The van der Waals surface area contributed by atoms with Crippen LogP contribution in [0.4, 0.5) is 5.82 Å². The van der Waals surface area contributed by atoms with E-state index in [0.29, 0.717) is 11.9 Å². The van der Waals surface area contributed by atoms with Gasteiger partial charge in [-0.2, -0.15) is 0 Å². The molecule has 0 unspecified atom stereocenters. The maximum atomic E-state index is 6.13. The quantitative estimate of drug-likeness (QED) is 0.490. The Morgan fingerprint density at radius 1 is 1.33 bits per heavy atom. The molecule has 1 fully saturated rings. The molecule has 0 saturated heterocycles. The van der Waals surface area contributed by atoms with E-state index in [0.717, 1.165) is 34.8 Å². The first kappa shape index (κ1) is 17.6. The number of nitrogens with one attached hydrogen (secondary N) is 3. The van der Waals surface area contributed by atoms with Gasteiger partial charge in [-0.05, 0) is 37.5 Å². The second-order valence-corrected chi connectivity index (χ2v) is 7.32. The predicted octanol–water partition coefficient (Wildman–Crippen LogP) is 4.43. The number of nitrogen functional groups attached to an aromatic ring is 1. The van der Waals surface area contributed by atoms with Crippen LogP contribution in [0.25, 0.3) is 16.5 Å². The van der Waals surface area contributed by atoms with E-state index in [1.165, 1.54) is 36.6 Å². The number of allylic oxidation sites excluding steroid dienone is 2. The van der Waals surface area contributed by atoms with Gasteiger partial charge in [0.05, 0.1) is 0 Å². The molecule has 4 rings (SSSR count). The maximum absolute atomic E-state index is 6.13. The van der Waals surface area contributed by atoms with Crippen LogP contribution >= 0.6 is 0 Å². The van der Waals surface area contributed by atoms with Crippen molar-refractivity contribution in [1.82, 2.24) is 20.3 Å². The van der Waals surface area contributed by atoms with E-state index < -0.39 is 0 Å². The van der Waals surface area contributed by atoms with Crippen molar-refractivity contribution >= 4 is 22.3 Å². The summed E-state index contributed by atoms with van der Waals surface area (Å²) in [6, 6.07) is 9.27. The maximum Gasteiger partial charge on any atom is 0.129 e. The summed E-state index contributed by atoms with van der Waals surface area (Å²) in [7, 11) is 0. The van der Waals surface area contributed by atoms with Crippen molar-refractivity contribution in [3.63, 3.8) is 0 Å². The minimum absolute atomic E-state index is 0.572. The van der Waals surface area contributed by atoms with Gasteiger partial charge in [0.15, 0.2) is 0 Å². The van der Waals surface area contributed by atoms with E-state index in [1.54, 1.807) is 6.08 Å². The number of hydrogen-bond acceptors (Lipinski definition) is 3. The molecule has 5 heteroatoms. The summed E-state index contributed by atoms with van der Waals surface area (Å²) in [5.74, 6) is 1.37. The first-order valence-corrected chi connectivity index (χ1v) is 9.65. The summed E-state index contributed by atoms with van der Waals surface area (Å²) in [4.78, 5) is 11.2. The molecule has 5 nitrogen and oxygen atoms in total. The molecule has 0 radical (unpaired) electrons. The standard InChI is InChI=1S/C22H27N5/c1-3-7-17(21-22(23)26-14(2)25-21)20-12-18-15(8-6-11-19(18)27-20)13-24-16-9-4-5-10-16/h3,6-8,11-12,16,24,27H,1,4-5,9-10,13,23H2,2H3,(H,25,26)/b17-7-. The Labute approximate surface area is 159 Å². The molecule has 5 N–H and O–H groups in total. The van der Waals surface area contributed by atoms with Gasteiger partial charge in [-0.3, -0.25) is 0 Å². The van der Waals surface area contributed by atoms with E-state index in [1.807, 2.05) is 13.0 Å². The molecule has 0 spiro atoms. The Morgan fingerprint density at radius 3 is 2.85 bits per heavy atom. The van der Waals surface area contributed by atoms with Crippen molar-refractivity contribution in [3.05, 3.63) is 65.8 Å². The van der Waals surface area contributed by atoms with E-state index in [2.05, 4.69) is 51.1 Å². The zero-order valence-corrected chi connectivity index (χ0v) is 15.8. The van der Waals surface area contributed by atoms with Crippen LogP contribution in [-0.4, -0.2) is 21.0 Å². The SMILES string of the molecule is C=C/C=C(/c1cc2c(CNC3CCCC3)cccc2[nH]1)c1nc(C)[nH]c1N. The fourth-order valence-electron chi connectivity index (χ4n) is 4.03. The van der Waals surface area contributed by atoms with E-state index >= 15 is 0 Å². The van der Waals surface area contributed by atoms with Gasteiger partial charge >= 0.3 is 0 Å². The molecule has 1 saturated carbocycles. The topological polar surface area (TPSA) is 82.5 Å². The summed E-state index contributed by atoms with van der Waals surface area (Å²) in [5.41, 5.74) is 11.3. The second-order valence-electron chi connectivity index (χ2n) is 7.32. The molecular formula is C22H27N5. The number of nitrogens with zero attached hydrogens (tertiary/aromatic N) is 1. The van der Waals surface area contributed by atoms with Crippen molar-refractivity contribution in [3.8, 4) is 0 Å². The molecule has 0 bridgehead atoms. The van der Waals surface area contributed by atoms with Crippen molar-refractivity contribution in [2.45, 2.75) is 45.2 Å². The van der Waals surface area contributed by atoms with Crippen LogP contribution in [-0.2, 0) is 6.54 Å². The normalized spacial score (nSPS) is 15.7. The van der Waals surface area contributed by atoms with Gasteiger partial charge in [-0.25, -0.2) is 4.98 Å². The highest BCUT2D eigenvalue weighted by atomic mass is 15.0. The number of imidazole rings is 1. The first-order chi connectivity index (χ1) is 13.2. The van der Waals surface area contributed by atoms with Crippen molar-refractivity contribution in [2.24, 2.45) is 0 Å². The van der Waals surface area contributed by atoms with Crippen molar-refractivity contribution < 1.29 is 0 Å². The molecule has 3 aromatic rings. The second kappa shape index (κ2) is 7.45. The largest absolute Gasteiger partial charge is 0.383 e. The highest BCUT2D eigenvalue weighted by Gasteiger charge is 2.17. The molecule has 1 aliphatic rings. The lowest BCUT2D eigenvalue weighted by molar-refractivity contribution is 0.525. The Hall–Kier alpha value is -2.79. The average Bonchev–Trinajstić information content (AvgIpc) is 3.37. The lowest BCUT2D eigenvalue weighted by Crippen LogP contribution is -2.25. The number of benzene rings is 1. The lowest BCUT2D eigenvalue weighted by Gasteiger charge is -2.12. The van der Waals surface area contributed by atoms with E-state index in [-0.39, 0.29) is 0 Å². The van der Waals surface area contributed by atoms with E-state index in [4.69, 9.17) is 5.73 Å². The third-order valence-electron chi connectivity index (χ3n) is 5.37. The molecule has 2 aromatic heterocycles. The molecule has 1 aliphatic carbocycles. The molecule has 2 heterocycles. The highest BCUT2D eigenvalue weighted by Crippen LogP contribution is 2.30. The van der Waals surface area contributed by atoms with Crippen LogP contribution < -0.4 is 11.1 Å². The minimum atomic E-state index is 0.572. The van der Waals surface area contributed by atoms with Crippen LogP contribution in [0.2, 0.25) is 0 Å². The summed E-state index contributed by atoms with van der Waals surface area (Å²) in [6.07, 6.45) is 8.99. The Bertz CT molecular complexity index is 985. The number of fused-ring (bicyclic) bond motifs is 1. The first-order valence-electron chi connectivity index (χ1n) is 9.65. The van der Waals surface area contributed by atoms with Crippen LogP contribution in [0.1, 0.15) is 48.5 Å². The summed E-state index contributed by atoms with van der Waals surface area (Å²) < 4.78 is 0. The lowest BCUT2D eigenvalue weighted by atomic mass is 10.1. The van der Waals surface area contributed by atoms with Crippen LogP contribution in [0.5, 0.6) is 0 Å². The van der Waals surface area contributed by atoms with Crippen molar-refractivity contribution in [2.75, 3.05) is 5.73 Å². The van der Waals surface area contributed by atoms with Crippen LogP contribution in [0.3, 0.4) is 0 Å².